The number of aryl methyl sites for hydroxylation is 1. The summed E-state index contributed by atoms with van der Waals surface area (Å²) in [6, 6.07) is 9.63. The summed E-state index contributed by atoms with van der Waals surface area (Å²) >= 11 is 5.85. The lowest BCUT2D eigenvalue weighted by Crippen LogP contribution is -2.12. The Morgan fingerprint density at radius 2 is 2.17 bits per heavy atom. The number of phenolic OH excluding ortho intramolecular Hbond substituents is 1. The van der Waals surface area contributed by atoms with Crippen molar-refractivity contribution in [2.75, 3.05) is 0 Å². The van der Waals surface area contributed by atoms with E-state index in [0.717, 1.165) is 30.5 Å². The minimum absolute atomic E-state index is 0.150. The van der Waals surface area contributed by atoms with Crippen molar-refractivity contribution in [1.29, 1.82) is 0 Å². The number of aromatic nitrogens is 1. The van der Waals surface area contributed by atoms with Crippen LogP contribution in [-0.2, 0) is 6.42 Å². The van der Waals surface area contributed by atoms with Crippen molar-refractivity contribution in [3.8, 4) is 5.75 Å². The second kappa shape index (κ2) is 4.62. The molecule has 3 rings (SSSR count). The van der Waals surface area contributed by atoms with Gasteiger partial charge in [-0.15, -0.1) is 0 Å². The first kappa shape index (κ1) is 11.5. The normalized spacial score (nSPS) is 18.4. The maximum absolute atomic E-state index is 9.73. The van der Waals surface area contributed by atoms with Gasteiger partial charge in [-0.1, -0.05) is 23.7 Å². The number of pyridine rings is 1. The van der Waals surface area contributed by atoms with Gasteiger partial charge >= 0.3 is 0 Å². The van der Waals surface area contributed by atoms with Gasteiger partial charge in [0.05, 0.1) is 10.7 Å². The summed E-state index contributed by atoms with van der Waals surface area (Å²) < 4.78 is 0. The van der Waals surface area contributed by atoms with Gasteiger partial charge in [0.15, 0.2) is 0 Å². The second-order valence-corrected chi connectivity index (χ2v) is 5.11. The lowest BCUT2D eigenvalue weighted by molar-refractivity contribution is 0.473. The molecule has 1 N–H and O–H groups in total. The molecule has 1 atom stereocenters. The Bertz CT molecular complexity index is 582. The van der Waals surface area contributed by atoms with Crippen LogP contribution >= 0.6 is 11.6 Å². The second-order valence-electron chi connectivity index (χ2n) is 4.70. The minimum Gasteiger partial charge on any atom is -0.506 e. The first-order valence-electron chi connectivity index (χ1n) is 6.18. The molecule has 0 saturated heterocycles. The fourth-order valence-corrected chi connectivity index (χ4v) is 2.80. The van der Waals surface area contributed by atoms with E-state index in [1.807, 2.05) is 18.3 Å². The van der Waals surface area contributed by atoms with Crippen molar-refractivity contribution in [3.63, 3.8) is 0 Å². The van der Waals surface area contributed by atoms with E-state index in [2.05, 4.69) is 11.1 Å². The zero-order valence-corrected chi connectivity index (χ0v) is 10.7. The van der Waals surface area contributed by atoms with E-state index in [1.165, 1.54) is 5.56 Å². The molecule has 92 valence electrons. The third-order valence-corrected chi connectivity index (χ3v) is 3.89. The van der Waals surface area contributed by atoms with Gasteiger partial charge in [-0.3, -0.25) is 4.98 Å². The van der Waals surface area contributed by atoms with Crippen molar-refractivity contribution in [1.82, 2.24) is 4.98 Å². The lowest BCUT2D eigenvalue weighted by atomic mass is 9.82. The Hall–Kier alpha value is -1.54. The van der Waals surface area contributed by atoms with Crippen LogP contribution < -0.4 is 0 Å². The number of halogens is 1. The molecule has 0 spiro atoms. The lowest BCUT2D eigenvalue weighted by Gasteiger charge is -2.24. The van der Waals surface area contributed by atoms with Gasteiger partial charge in [-0.25, -0.2) is 0 Å². The molecular formula is C15H14ClNO. The first-order valence-corrected chi connectivity index (χ1v) is 6.55. The van der Waals surface area contributed by atoms with Crippen molar-refractivity contribution in [3.05, 3.63) is 58.4 Å². The van der Waals surface area contributed by atoms with Gasteiger partial charge < -0.3 is 5.11 Å². The smallest absolute Gasteiger partial charge is 0.134 e. The van der Waals surface area contributed by atoms with E-state index in [-0.39, 0.29) is 11.7 Å². The Labute approximate surface area is 111 Å². The number of aromatic hydroxyl groups is 1. The van der Waals surface area contributed by atoms with E-state index in [4.69, 9.17) is 11.6 Å². The molecule has 1 aliphatic carbocycles. The van der Waals surface area contributed by atoms with E-state index >= 15 is 0 Å². The standard InChI is InChI=1S/C15H14ClNO/c16-13-7-6-11(9-14(13)18)12-5-1-3-10-4-2-8-17-15(10)12/h2,4,6-9,12,18H,1,3,5H2. The van der Waals surface area contributed by atoms with E-state index in [0.29, 0.717) is 5.02 Å². The molecule has 1 aliphatic rings. The summed E-state index contributed by atoms with van der Waals surface area (Å²) in [4.78, 5) is 4.51. The maximum Gasteiger partial charge on any atom is 0.134 e. The summed E-state index contributed by atoms with van der Waals surface area (Å²) in [6.45, 7) is 0. The van der Waals surface area contributed by atoms with Crippen LogP contribution in [0.25, 0.3) is 0 Å². The Morgan fingerprint density at radius 3 is 3.00 bits per heavy atom. The van der Waals surface area contributed by atoms with Crippen LogP contribution in [0.15, 0.2) is 36.5 Å². The fraction of sp³-hybridized carbons (Fsp3) is 0.267. The van der Waals surface area contributed by atoms with Crippen LogP contribution in [0, 0.1) is 0 Å². The van der Waals surface area contributed by atoms with Gasteiger partial charge in [-0.2, -0.15) is 0 Å². The average molecular weight is 260 g/mol. The molecule has 1 heterocycles. The van der Waals surface area contributed by atoms with Crippen LogP contribution in [0.5, 0.6) is 5.75 Å². The Kier molecular flexibility index (Phi) is 2.96. The predicted octanol–water partition coefficient (Wildman–Crippen LogP) is 3.91. The first-order chi connectivity index (χ1) is 8.75. The van der Waals surface area contributed by atoms with Crippen molar-refractivity contribution in [2.24, 2.45) is 0 Å². The zero-order valence-electron chi connectivity index (χ0n) is 9.94. The highest BCUT2D eigenvalue weighted by Gasteiger charge is 2.23. The molecule has 0 saturated carbocycles. The molecule has 3 heteroatoms. The molecule has 2 nitrogen and oxygen atoms in total. The molecule has 2 aromatic rings. The van der Waals surface area contributed by atoms with Crippen molar-refractivity contribution in [2.45, 2.75) is 25.2 Å². The van der Waals surface area contributed by atoms with Crippen molar-refractivity contribution < 1.29 is 5.11 Å². The highest BCUT2D eigenvalue weighted by Crippen LogP contribution is 2.37. The molecule has 0 amide bonds. The third-order valence-electron chi connectivity index (χ3n) is 3.57. The molecule has 0 radical (unpaired) electrons. The molecule has 1 unspecified atom stereocenters. The number of rotatable bonds is 1. The quantitative estimate of drug-likeness (QED) is 0.842. The SMILES string of the molecule is Oc1cc(C2CCCc3cccnc32)ccc1Cl. The maximum atomic E-state index is 9.73. The van der Waals surface area contributed by atoms with Gasteiger partial charge in [-0.05, 0) is 48.6 Å². The van der Waals surface area contributed by atoms with E-state index in [9.17, 15) is 5.11 Å². The van der Waals surface area contributed by atoms with Crippen LogP contribution in [0.3, 0.4) is 0 Å². The molecule has 1 aromatic carbocycles. The number of nitrogens with zero attached hydrogens (tertiary/aromatic N) is 1. The van der Waals surface area contributed by atoms with Gasteiger partial charge in [0.25, 0.3) is 0 Å². The Balaban J connectivity index is 2.05. The predicted molar refractivity (Wildman–Crippen MR) is 72.1 cm³/mol. The average Bonchev–Trinajstić information content (AvgIpc) is 2.41. The number of hydrogen-bond acceptors (Lipinski definition) is 2. The van der Waals surface area contributed by atoms with Crippen LogP contribution in [-0.4, -0.2) is 10.1 Å². The Morgan fingerprint density at radius 1 is 1.28 bits per heavy atom. The number of phenols is 1. The summed E-state index contributed by atoms with van der Waals surface area (Å²) in [6.07, 6.45) is 5.17. The number of benzene rings is 1. The van der Waals surface area contributed by atoms with Gasteiger partial charge in [0.2, 0.25) is 0 Å². The summed E-state index contributed by atoms with van der Waals surface area (Å²) in [5.41, 5.74) is 3.56. The zero-order chi connectivity index (χ0) is 12.5. The minimum atomic E-state index is 0.150. The molecule has 18 heavy (non-hydrogen) atoms. The monoisotopic (exact) mass is 259 g/mol. The topological polar surface area (TPSA) is 33.1 Å². The fourth-order valence-electron chi connectivity index (χ4n) is 2.68. The molecular weight excluding hydrogens is 246 g/mol. The number of fused-ring (bicyclic) bond motifs is 1. The highest BCUT2D eigenvalue weighted by molar-refractivity contribution is 6.32. The van der Waals surface area contributed by atoms with Crippen LogP contribution in [0.1, 0.15) is 35.6 Å². The summed E-state index contributed by atoms with van der Waals surface area (Å²) in [7, 11) is 0. The van der Waals surface area contributed by atoms with E-state index in [1.54, 1.807) is 12.1 Å². The summed E-state index contributed by atoms with van der Waals surface area (Å²) in [5.74, 6) is 0.426. The van der Waals surface area contributed by atoms with Crippen molar-refractivity contribution >= 4 is 11.6 Å². The molecule has 0 aliphatic heterocycles. The number of hydrogen-bond donors (Lipinski definition) is 1. The molecule has 0 fully saturated rings. The summed E-state index contributed by atoms with van der Waals surface area (Å²) in [5, 5.41) is 10.1. The molecule has 0 bridgehead atoms. The van der Waals surface area contributed by atoms with Crippen LogP contribution in [0.2, 0.25) is 5.02 Å². The third kappa shape index (κ3) is 1.97. The highest BCUT2D eigenvalue weighted by atomic mass is 35.5. The van der Waals surface area contributed by atoms with Gasteiger partial charge in [0, 0.05) is 12.1 Å². The molecule has 1 aromatic heterocycles. The largest absolute Gasteiger partial charge is 0.506 e. The van der Waals surface area contributed by atoms with Crippen LogP contribution in [0.4, 0.5) is 0 Å². The van der Waals surface area contributed by atoms with E-state index < -0.39 is 0 Å². The van der Waals surface area contributed by atoms with Gasteiger partial charge in [0.1, 0.15) is 5.75 Å².